The Bertz CT molecular complexity index is 348. The highest BCUT2D eigenvalue weighted by Crippen LogP contribution is 2.16. The first-order valence-electron chi connectivity index (χ1n) is 6.82. The third kappa shape index (κ3) is 7.15. The Balaban J connectivity index is 2.20. The molecular weight excluding hydrogens is 242 g/mol. The van der Waals surface area contributed by atoms with E-state index in [1.165, 1.54) is 0 Å². The summed E-state index contributed by atoms with van der Waals surface area (Å²) in [5, 5.41) is 21.5. The summed E-state index contributed by atoms with van der Waals surface area (Å²) in [6, 6.07) is 6.02. The van der Waals surface area contributed by atoms with Gasteiger partial charge in [0.1, 0.15) is 18.5 Å². The van der Waals surface area contributed by atoms with Gasteiger partial charge in [0.15, 0.2) is 0 Å². The van der Waals surface area contributed by atoms with Gasteiger partial charge >= 0.3 is 0 Å². The van der Waals surface area contributed by atoms with Crippen LogP contribution in [0.3, 0.4) is 0 Å². The lowest BCUT2D eigenvalue weighted by Gasteiger charge is -2.14. The second-order valence-corrected chi connectivity index (χ2v) is 4.92. The van der Waals surface area contributed by atoms with E-state index in [0.29, 0.717) is 6.54 Å². The van der Waals surface area contributed by atoms with Crippen molar-refractivity contribution in [3.05, 3.63) is 29.3 Å². The molecule has 0 aliphatic carbocycles. The Morgan fingerprint density at radius 1 is 1.16 bits per heavy atom. The van der Waals surface area contributed by atoms with Crippen molar-refractivity contribution in [2.24, 2.45) is 0 Å². The molecule has 1 rings (SSSR count). The lowest BCUT2D eigenvalue weighted by atomic mass is 10.1. The minimum absolute atomic E-state index is 0.222. The molecule has 4 heteroatoms. The van der Waals surface area contributed by atoms with Crippen LogP contribution in [0, 0.1) is 13.8 Å². The quantitative estimate of drug-likeness (QED) is 0.592. The number of rotatable bonds is 9. The number of aliphatic hydroxyl groups excluding tert-OH is 2. The van der Waals surface area contributed by atoms with Crippen molar-refractivity contribution in [1.29, 1.82) is 0 Å². The molecule has 0 amide bonds. The first kappa shape index (κ1) is 16.0. The maximum Gasteiger partial charge on any atom is 0.119 e. The zero-order valence-corrected chi connectivity index (χ0v) is 11.9. The first-order valence-corrected chi connectivity index (χ1v) is 6.82. The summed E-state index contributed by atoms with van der Waals surface area (Å²) in [7, 11) is 0. The third-order valence-corrected chi connectivity index (χ3v) is 2.78. The minimum Gasteiger partial charge on any atom is -0.491 e. The van der Waals surface area contributed by atoms with Gasteiger partial charge in [-0.05, 0) is 56.5 Å². The minimum atomic E-state index is -0.519. The van der Waals surface area contributed by atoms with Gasteiger partial charge in [0.05, 0.1) is 0 Å². The number of unbranched alkanes of at least 4 members (excludes halogenated alkanes) is 1. The molecule has 3 N–H and O–H groups in total. The largest absolute Gasteiger partial charge is 0.491 e. The summed E-state index contributed by atoms with van der Waals surface area (Å²) in [4.78, 5) is 0. The van der Waals surface area contributed by atoms with Gasteiger partial charge in [-0.1, -0.05) is 6.07 Å². The van der Waals surface area contributed by atoms with Crippen LogP contribution < -0.4 is 10.1 Å². The maximum absolute atomic E-state index is 9.77. The average Bonchev–Trinajstić information content (AvgIpc) is 2.35. The molecule has 108 valence electrons. The molecule has 1 aromatic carbocycles. The zero-order valence-electron chi connectivity index (χ0n) is 11.9. The molecule has 0 aliphatic rings. The van der Waals surface area contributed by atoms with E-state index in [9.17, 15) is 5.11 Å². The molecule has 1 unspecified atom stereocenters. The molecule has 0 spiro atoms. The molecule has 0 bridgehead atoms. The van der Waals surface area contributed by atoms with Crippen LogP contribution in [0.1, 0.15) is 24.0 Å². The summed E-state index contributed by atoms with van der Waals surface area (Å²) < 4.78 is 5.58. The first-order chi connectivity index (χ1) is 9.11. The SMILES string of the molecule is Cc1cc(C)cc(OCC(O)CNCCCCO)c1. The van der Waals surface area contributed by atoms with Crippen LogP contribution in [-0.4, -0.2) is 42.6 Å². The molecule has 0 heterocycles. The van der Waals surface area contributed by atoms with Crippen LogP contribution in [0.2, 0.25) is 0 Å². The Morgan fingerprint density at radius 2 is 1.84 bits per heavy atom. The normalized spacial score (nSPS) is 12.4. The maximum atomic E-state index is 9.77. The highest BCUT2D eigenvalue weighted by atomic mass is 16.5. The number of ether oxygens (including phenoxy) is 1. The van der Waals surface area contributed by atoms with E-state index in [4.69, 9.17) is 9.84 Å². The van der Waals surface area contributed by atoms with Crippen molar-refractivity contribution in [2.75, 3.05) is 26.3 Å². The smallest absolute Gasteiger partial charge is 0.119 e. The van der Waals surface area contributed by atoms with Crippen molar-refractivity contribution in [3.63, 3.8) is 0 Å². The summed E-state index contributed by atoms with van der Waals surface area (Å²) in [5.41, 5.74) is 2.32. The number of aryl methyl sites for hydroxylation is 2. The van der Waals surface area contributed by atoms with Gasteiger partial charge < -0.3 is 20.3 Å². The molecule has 4 nitrogen and oxygen atoms in total. The number of hydrogen-bond donors (Lipinski definition) is 3. The molecule has 1 aromatic rings. The monoisotopic (exact) mass is 267 g/mol. The van der Waals surface area contributed by atoms with Crippen molar-refractivity contribution in [2.45, 2.75) is 32.8 Å². The van der Waals surface area contributed by atoms with E-state index >= 15 is 0 Å². The van der Waals surface area contributed by atoms with E-state index in [0.717, 1.165) is 36.3 Å². The van der Waals surface area contributed by atoms with Gasteiger partial charge in [0, 0.05) is 13.2 Å². The molecular formula is C15H25NO3. The number of benzene rings is 1. The van der Waals surface area contributed by atoms with Gasteiger partial charge in [-0.2, -0.15) is 0 Å². The fourth-order valence-corrected chi connectivity index (χ4v) is 1.90. The van der Waals surface area contributed by atoms with Gasteiger partial charge in [0.2, 0.25) is 0 Å². The van der Waals surface area contributed by atoms with Crippen molar-refractivity contribution >= 4 is 0 Å². The van der Waals surface area contributed by atoms with Crippen LogP contribution in [0.5, 0.6) is 5.75 Å². The number of aliphatic hydroxyl groups is 2. The van der Waals surface area contributed by atoms with Crippen LogP contribution in [0.4, 0.5) is 0 Å². The van der Waals surface area contributed by atoms with Crippen LogP contribution in [0.15, 0.2) is 18.2 Å². The van der Waals surface area contributed by atoms with Gasteiger partial charge in [-0.25, -0.2) is 0 Å². The molecule has 19 heavy (non-hydrogen) atoms. The van der Waals surface area contributed by atoms with E-state index < -0.39 is 6.10 Å². The van der Waals surface area contributed by atoms with Gasteiger partial charge in [-0.15, -0.1) is 0 Å². The topological polar surface area (TPSA) is 61.7 Å². The van der Waals surface area contributed by atoms with E-state index in [1.807, 2.05) is 26.0 Å². The molecule has 0 saturated carbocycles. The lowest BCUT2D eigenvalue weighted by molar-refractivity contribution is 0.106. The Kier molecular flexibility index (Phi) is 7.48. The average molecular weight is 267 g/mol. The van der Waals surface area contributed by atoms with E-state index in [1.54, 1.807) is 0 Å². The fourth-order valence-electron chi connectivity index (χ4n) is 1.90. The standard InChI is InChI=1S/C15H25NO3/c1-12-7-13(2)9-15(8-12)19-11-14(18)10-16-5-3-4-6-17/h7-9,14,16-18H,3-6,10-11H2,1-2H3. The number of nitrogens with one attached hydrogen (secondary N) is 1. The third-order valence-electron chi connectivity index (χ3n) is 2.78. The summed E-state index contributed by atoms with van der Waals surface area (Å²) >= 11 is 0. The van der Waals surface area contributed by atoms with E-state index in [2.05, 4.69) is 11.4 Å². The van der Waals surface area contributed by atoms with Gasteiger partial charge in [0.25, 0.3) is 0 Å². The molecule has 0 aromatic heterocycles. The molecule has 0 fully saturated rings. The van der Waals surface area contributed by atoms with Crippen LogP contribution >= 0.6 is 0 Å². The summed E-state index contributed by atoms with van der Waals surface area (Å²) in [6.45, 7) is 5.88. The van der Waals surface area contributed by atoms with Crippen molar-refractivity contribution < 1.29 is 14.9 Å². The predicted molar refractivity (Wildman–Crippen MR) is 76.6 cm³/mol. The Hall–Kier alpha value is -1.10. The Labute approximate surface area is 115 Å². The van der Waals surface area contributed by atoms with Gasteiger partial charge in [-0.3, -0.25) is 0 Å². The second kappa shape index (κ2) is 8.91. The fraction of sp³-hybridized carbons (Fsp3) is 0.600. The van der Waals surface area contributed by atoms with Crippen molar-refractivity contribution in [1.82, 2.24) is 5.32 Å². The second-order valence-electron chi connectivity index (χ2n) is 4.92. The number of hydrogen-bond acceptors (Lipinski definition) is 4. The summed E-state index contributed by atoms with van der Waals surface area (Å²) in [5.74, 6) is 0.803. The summed E-state index contributed by atoms with van der Waals surface area (Å²) in [6.07, 6.45) is 1.19. The van der Waals surface area contributed by atoms with Crippen LogP contribution in [-0.2, 0) is 0 Å². The van der Waals surface area contributed by atoms with Crippen molar-refractivity contribution in [3.8, 4) is 5.75 Å². The predicted octanol–water partition coefficient (Wildman–Crippen LogP) is 1.41. The zero-order chi connectivity index (χ0) is 14.1. The van der Waals surface area contributed by atoms with E-state index in [-0.39, 0.29) is 13.2 Å². The highest BCUT2D eigenvalue weighted by molar-refractivity contribution is 5.32. The lowest BCUT2D eigenvalue weighted by Crippen LogP contribution is -2.32. The molecule has 0 radical (unpaired) electrons. The molecule has 0 saturated heterocycles. The molecule has 1 atom stereocenters. The van der Waals surface area contributed by atoms with Crippen LogP contribution in [0.25, 0.3) is 0 Å². The highest BCUT2D eigenvalue weighted by Gasteiger charge is 2.05. The Morgan fingerprint density at radius 3 is 2.47 bits per heavy atom. The molecule has 0 aliphatic heterocycles.